The topological polar surface area (TPSA) is 24.7 Å². The quantitative estimate of drug-likeness (QED) is 0.583. The van der Waals surface area contributed by atoms with Crippen LogP contribution in [0.15, 0.2) is 34.3 Å². The summed E-state index contributed by atoms with van der Waals surface area (Å²) in [6, 6.07) is 8.72. The van der Waals surface area contributed by atoms with E-state index in [0.29, 0.717) is 0 Å². The molecule has 0 N–H and O–H groups in total. The predicted octanol–water partition coefficient (Wildman–Crippen LogP) is 6.42. The molecule has 2 heteroatoms. The summed E-state index contributed by atoms with van der Waals surface area (Å²) in [5, 5.41) is 0. The van der Waals surface area contributed by atoms with E-state index in [1.807, 2.05) is 13.8 Å². The van der Waals surface area contributed by atoms with Gasteiger partial charge in [-0.15, -0.1) is 0 Å². The summed E-state index contributed by atoms with van der Waals surface area (Å²) in [5.41, 5.74) is 11.4. The second-order valence-corrected chi connectivity index (χ2v) is 6.89. The number of nitrogens with zero attached hydrogens (tertiary/aromatic N) is 2. The molecule has 0 radical (unpaired) electrons. The largest absolute Gasteiger partial charge is 0.251 e. The summed E-state index contributed by atoms with van der Waals surface area (Å²) >= 11 is 0. The zero-order valence-electron chi connectivity index (χ0n) is 16.2. The van der Waals surface area contributed by atoms with Crippen LogP contribution in [0.3, 0.4) is 0 Å². The van der Waals surface area contributed by atoms with Crippen LogP contribution >= 0.6 is 0 Å². The van der Waals surface area contributed by atoms with Crippen molar-refractivity contribution in [2.45, 2.75) is 55.4 Å². The Morgan fingerprint density at radius 3 is 1.04 bits per heavy atom. The molecule has 0 aliphatic rings. The first-order valence-corrected chi connectivity index (χ1v) is 8.45. The minimum Gasteiger partial charge on any atom is -0.251 e. The predicted molar refractivity (Wildman–Crippen MR) is 107 cm³/mol. The molecule has 2 aromatic rings. The molecule has 2 aromatic carbocycles. The van der Waals surface area contributed by atoms with Gasteiger partial charge in [0, 0.05) is 0 Å². The summed E-state index contributed by atoms with van der Waals surface area (Å²) in [5.74, 6) is 0. The normalized spacial score (nSPS) is 12.7. The first-order chi connectivity index (χ1) is 11.2. The van der Waals surface area contributed by atoms with Gasteiger partial charge in [0.2, 0.25) is 0 Å². The summed E-state index contributed by atoms with van der Waals surface area (Å²) in [7, 11) is 0. The molecule has 2 rings (SSSR count). The molecular weight excluding hydrogens is 292 g/mol. The van der Waals surface area contributed by atoms with E-state index in [1.165, 1.54) is 33.4 Å². The smallest absolute Gasteiger partial charge is 0.0692 e. The van der Waals surface area contributed by atoms with Gasteiger partial charge in [-0.05, 0) is 77.6 Å². The Morgan fingerprint density at radius 1 is 0.542 bits per heavy atom. The summed E-state index contributed by atoms with van der Waals surface area (Å²) in [6.07, 6.45) is 0. The van der Waals surface area contributed by atoms with E-state index in [9.17, 15) is 0 Å². The Hall–Kier alpha value is -2.22. The summed E-state index contributed by atoms with van der Waals surface area (Å²) in [4.78, 5) is 9.72. The average molecular weight is 320 g/mol. The molecule has 2 nitrogen and oxygen atoms in total. The van der Waals surface area contributed by atoms with Gasteiger partial charge in [-0.3, -0.25) is 9.98 Å². The molecule has 0 spiro atoms. The lowest BCUT2D eigenvalue weighted by Gasteiger charge is -2.10. The first kappa shape index (κ1) is 18.1. The van der Waals surface area contributed by atoms with E-state index in [2.05, 4.69) is 65.8 Å². The minimum absolute atomic E-state index is 0.962. The van der Waals surface area contributed by atoms with E-state index in [1.54, 1.807) is 0 Å². The fourth-order valence-electron chi connectivity index (χ4n) is 3.19. The van der Waals surface area contributed by atoms with Gasteiger partial charge in [0.25, 0.3) is 0 Å². The molecule has 0 saturated heterocycles. The zero-order valence-corrected chi connectivity index (χ0v) is 16.2. The van der Waals surface area contributed by atoms with Crippen molar-refractivity contribution in [2.75, 3.05) is 0 Å². The van der Waals surface area contributed by atoms with Crippen molar-refractivity contribution >= 4 is 22.8 Å². The highest BCUT2D eigenvalue weighted by Gasteiger charge is 2.07. The molecule has 0 saturated carbocycles. The van der Waals surface area contributed by atoms with Crippen LogP contribution in [0.1, 0.15) is 47.2 Å². The number of hydrogen-bond donors (Lipinski definition) is 0. The van der Waals surface area contributed by atoms with Crippen molar-refractivity contribution in [3.8, 4) is 0 Å². The minimum atomic E-state index is 0.962. The Balaban J connectivity index is 2.45. The molecule has 0 amide bonds. The fraction of sp³-hybridized carbons (Fsp3) is 0.364. The van der Waals surface area contributed by atoms with Crippen molar-refractivity contribution in [1.29, 1.82) is 0 Å². The van der Waals surface area contributed by atoms with Crippen LogP contribution in [-0.2, 0) is 0 Å². The number of aliphatic imine (C=N–C) groups is 2. The highest BCUT2D eigenvalue weighted by Crippen LogP contribution is 2.27. The lowest BCUT2D eigenvalue weighted by molar-refractivity contribution is 1.28. The van der Waals surface area contributed by atoms with Gasteiger partial charge in [0.05, 0.1) is 22.8 Å². The van der Waals surface area contributed by atoms with E-state index < -0.39 is 0 Å². The van der Waals surface area contributed by atoms with Crippen LogP contribution < -0.4 is 0 Å². The van der Waals surface area contributed by atoms with Crippen molar-refractivity contribution in [1.82, 2.24) is 0 Å². The van der Waals surface area contributed by atoms with Crippen LogP contribution in [0.4, 0.5) is 11.4 Å². The van der Waals surface area contributed by atoms with Gasteiger partial charge >= 0.3 is 0 Å². The van der Waals surface area contributed by atoms with Gasteiger partial charge in [-0.25, -0.2) is 0 Å². The lowest BCUT2D eigenvalue weighted by Crippen LogP contribution is -2.05. The third-order valence-electron chi connectivity index (χ3n) is 4.35. The second-order valence-electron chi connectivity index (χ2n) is 6.89. The lowest BCUT2D eigenvalue weighted by atomic mass is 10.0. The average Bonchev–Trinajstić information content (AvgIpc) is 2.46. The number of aryl methyl sites for hydroxylation is 6. The Bertz CT molecular complexity index is 722. The maximum Gasteiger partial charge on any atom is 0.0692 e. The second kappa shape index (κ2) is 7.12. The highest BCUT2D eigenvalue weighted by atomic mass is 14.8. The number of rotatable bonds is 3. The van der Waals surface area contributed by atoms with E-state index in [-0.39, 0.29) is 0 Å². The fourth-order valence-corrected chi connectivity index (χ4v) is 3.19. The Morgan fingerprint density at radius 2 is 0.792 bits per heavy atom. The molecule has 0 aliphatic heterocycles. The molecule has 0 unspecified atom stereocenters. The molecular formula is C22H28N2. The van der Waals surface area contributed by atoms with Gasteiger partial charge in [0.1, 0.15) is 0 Å². The molecule has 0 aliphatic carbocycles. The van der Waals surface area contributed by atoms with E-state index in [0.717, 1.165) is 22.8 Å². The molecule has 0 fully saturated rings. The summed E-state index contributed by atoms with van der Waals surface area (Å²) in [6.45, 7) is 16.8. The third kappa shape index (κ3) is 4.00. The first-order valence-electron chi connectivity index (χ1n) is 8.45. The molecule has 24 heavy (non-hydrogen) atoms. The molecule has 126 valence electrons. The van der Waals surface area contributed by atoms with Gasteiger partial charge in [0.15, 0.2) is 0 Å². The van der Waals surface area contributed by atoms with Crippen molar-refractivity contribution in [2.24, 2.45) is 9.98 Å². The maximum absolute atomic E-state index is 4.86. The molecule has 0 aromatic heterocycles. The van der Waals surface area contributed by atoms with Crippen molar-refractivity contribution in [3.63, 3.8) is 0 Å². The maximum atomic E-state index is 4.86. The van der Waals surface area contributed by atoms with Crippen LogP contribution in [0.2, 0.25) is 0 Å². The van der Waals surface area contributed by atoms with E-state index >= 15 is 0 Å². The SMILES string of the molecule is CC(=N/c1c(C)cc(C)cc1C)/C(C)=N\c1c(C)cc(C)cc1C. The Labute approximate surface area is 146 Å². The van der Waals surface area contributed by atoms with Crippen LogP contribution in [0.25, 0.3) is 0 Å². The zero-order chi connectivity index (χ0) is 18.0. The van der Waals surface area contributed by atoms with Crippen LogP contribution in [0, 0.1) is 41.5 Å². The van der Waals surface area contributed by atoms with Gasteiger partial charge in [-0.1, -0.05) is 35.4 Å². The molecule has 0 bridgehead atoms. The number of benzene rings is 2. The van der Waals surface area contributed by atoms with Gasteiger partial charge < -0.3 is 0 Å². The van der Waals surface area contributed by atoms with Crippen LogP contribution in [-0.4, -0.2) is 11.4 Å². The van der Waals surface area contributed by atoms with Crippen LogP contribution in [0.5, 0.6) is 0 Å². The third-order valence-corrected chi connectivity index (χ3v) is 4.35. The standard InChI is InChI=1S/C22H28N2/c1-13-9-15(3)21(16(4)10-13)23-19(7)20(8)24-22-17(5)11-14(2)12-18(22)6/h9-12H,1-8H3/b23-19-,24-20-. The van der Waals surface area contributed by atoms with Crippen molar-refractivity contribution in [3.05, 3.63) is 57.6 Å². The van der Waals surface area contributed by atoms with Crippen molar-refractivity contribution < 1.29 is 0 Å². The highest BCUT2D eigenvalue weighted by molar-refractivity contribution is 6.41. The molecule has 0 atom stereocenters. The number of hydrogen-bond acceptors (Lipinski definition) is 2. The Kier molecular flexibility index (Phi) is 5.38. The van der Waals surface area contributed by atoms with E-state index in [4.69, 9.17) is 9.98 Å². The monoisotopic (exact) mass is 320 g/mol. The summed E-state index contributed by atoms with van der Waals surface area (Å²) < 4.78 is 0. The molecule has 0 heterocycles. The van der Waals surface area contributed by atoms with Gasteiger partial charge in [-0.2, -0.15) is 0 Å².